The van der Waals surface area contributed by atoms with Gasteiger partial charge in [-0.15, -0.1) is 0 Å². The van der Waals surface area contributed by atoms with Gasteiger partial charge in [0.05, 0.1) is 11.8 Å². The predicted octanol–water partition coefficient (Wildman–Crippen LogP) is 1.38. The molecule has 0 saturated carbocycles. The molecule has 7 heteroatoms. The molecule has 5 N–H and O–H groups in total. The Morgan fingerprint density at radius 2 is 2.14 bits per heavy atom. The minimum absolute atomic E-state index is 0.113. The van der Waals surface area contributed by atoms with E-state index in [2.05, 4.69) is 20.7 Å². The van der Waals surface area contributed by atoms with Crippen LogP contribution in [0.3, 0.4) is 0 Å². The molecule has 110 valence electrons. The van der Waals surface area contributed by atoms with Crippen molar-refractivity contribution in [3.8, 4) is 0 Å². The Morgan fingerprint density at radius 1 is 1.43 bits per heavy atom. The average molecular weight is 287 g/mol. The van der Waals surface area contributed by atoms with Gasteiger partial charge in [-0.3, -0.25) is 9.89 Å². The fraction of sp³-hybridized carbons (Fsp3) is 0.214. The van der Waals surface area contributed by atoms with Gasteiger partial charge >= 0.3 is 0 Å². The third kappa shape index (κ3) is 3.82. The number of oxime groups is 1. The van der Waals surface area contributed by atoms with E-state index in [0.717, 1.165) is 5.56 Å². The highest BCUT2D eigenvalue weighted by Crippen LogP contribution is 2.12. The Labute approximate surface area is 121 Å². The van der Waals surface area contributed by atoms with Gasteiger partial charge in [-0.2, -0.15) is 5.10 Å². The molecular weight excluding hydrogens is 270 g/mol. The second-order valence-electron chi connectivity index (χ2n) is 4.68. The number of amides is 1. The number of carbonyl (C=O) groups is 1. The van der Waals surface area contributed by atoms with E-state index < -0.39 is 0 Å². The predicted molar refractivity (Wildman–Crippen MR) is 79.2 cm³/mol. The number of rotatable bonds is 5. The van der Waals surface area contributed by atoms with E-state index in [1.54, 1.807) is 0 Å². The van der Waals surface area contributed by atoms with Gasteiger partial charge in [0.25, 0.3) is 0 Å². The van der Waals surface area contributed by atoms with Crippen LogP contribution < -0.4 is 11.1 Å². The molecule has 0 saturated heterocycles. The molecule has 1 amide bonds. The summed E-state index contributed by atoms with van der Waals surface area (Å²) in [5.41, 5.74) is 8.11. The van der Waals surface area contributed by atoms with E-state index >= 15 is 0 Å². The third-order valence-corrected chi connectivity index (χ3v) is 3.05. The summed E-state index contributed by atoms with van der Waals surface area (Å²) >= 11 is 0. The first-order chi connectivity index (χ1) is 10.1. The summed E-state index contributed by atoms with van der Waals surface area (Å²) < 4.78 is 0. The molecule has 21 heavy (non-hydrogen) atoms. The number of hydrogen-bond acceptors (Lipinski definition) is 4. The maximum absolute atomic E-state index is 11.9. The molecule has 0 spiro atoms. The molecule has 7 nitrogen and oxygen atoms in total. The first-order valence-corrected chi connectivity index (χ1v) is 6.47. The number of nitrogens with two attached hydrogens (primary N) is 1. The molecule has 0 aliphatic carbocycles. The molecule has 1 aromatic carbocycles. The van der Waals surface area contributed by atoms with Crippen molar-refractivity contribution in [2.75, 3.05) is 5.32 Å². The SMILES string of the molecule is Cc1ccc(CCC(=O)Nc2[nH]ncc2C(N)=NO)cc1. The highest BCUT2D eigenvalue weighted by Gasteiger charge is 2.12. The highest BCUT2D eigenvalue weighted by atomic mass is 16.4. The molecule has 0 aliphatic heterocycles. The van der Waals surface area contributed by atoms with Gasteiger partial charge in [0.1, 0.15) is 5.82 Å². The number of benzene rings is 1. The van der Waals surface area contributed by atoms with Crippen molar-refractivity contribution in [1.82, 2.24) is 10.2 Å². The van der Waals surface area contributed by atoms with Crippen molar-refractivity contribution in [3.05, 3.63) is 47.2 Å². The first kappa shape index (κ1) is 14.6. The molecule has 1 aromatic heterocycles. The van der Waals surface area contributed by atoms with Crippen molar-refractivity contribution >= 4 is 17.6 Å². The number of aryl methyl sites for hydroxylation is 2. The maximum Gasteiger partial charge on any atom is 0.225 e. The first-order valence-electron chi connectivity index (χ1n) is 6.47. The molecule has 0 atom stereocenters. The molecular formula is C14H17N5O2. The Kier molecular flexibility index (Phi) is 4.55. The van der Waals surface area contributed by atoms with E-state index in [-0.39, 0.29) is 11.7 Å². The molecule has 0 aliphatic rings. The lowest BCUT2D eigenvalue weighted by Crippen LogP contribution is -2.18. The van der Waals surface area contributed by atoms with Gasteiger partial charge in [-0.1, -0.05) is 35.0 Å². The number of amidine groups is 1. The summed E-state index contributed by atoms with van der Waals surface area (Å²) in [5, 5.41) is 20.6. The fourth-order valence-electron chi connectivity index (χ4n) is 1.84. The number of carbonyl (C=O) groups excluding carboxylic acids is 1. The molecule has 1 heterocycles. The van der Waals surface area contributed by atoms with Crippen LogP contribution in [0.4, 0.5) is 5.82 Å². The minimum atomic E-state index is -0.174. The smallest absolute Gasteiger partial charge is 0.225 e. The van der Waals surface area contributed by atoms with Crippen LogP contribution in [-0.2, 0) is 11.2 Å². The zero-order chi connectivity index (χ0) is 15.2. The van der Waals surface area contributed by atoms with Crippen LogP contribution in [0, 0.1) is 6.92 Å². The standard InChI is InChI=1S/C14H17N5O2/c1-9-2-4-10(5-3-9)6-7-12(20)17-14-11(8-16-18-14)13(15)19-21/h2-5,8,21H,6-7H2,1H3,(H2,15,19)(H2,16,17,18,20). The van der Waals surface area contributed by atoms with Gasteiger partial charge in [0.15, 0.2) is 5.84 Å². The molecule has 0 fully saturated rings. The minimum Gasteiger partial charge on any atom is -0.409 e. The lowest BCUT2D eigenvalue weighted by atomic mass is 10.1. The number of hydrogen-bond donors (Lipinski definition) is 4. The van der Waals surface area contributed by atoms with Crippen LogP contribution >= 0.6 is 0 Å². The topological polar surface area (TPSA) is 116 Å². The van der Waals surface area contributed by atoms with Gasteiger partial charge < -0.3 is 16.3 Å². The summed E-state index contributed by atoms with van der Waals surface area (Å²) in [6.07, 6.45) is 2.35. The van der Waals surface area contributed by atoms with E-state index in [0.29, 0.717) is 24.2 Å². The van der Waals surface area contributed by atoms with Gasteiger partial charge in [-0.05, 0) is 18.9 Å². The van der Waals surface area contributed by atoms with Crippen LogP contribution in [0.15, 0.2) is 35.6 Å². The number of H-pyrrole nitrogens is 1. The van der Waals surface area contributed by atoms with Crippen molar-refractivity contribution in [2.45, 2.75) is 19.8 Å². The van der Waals surface area contributed by atoms with E-state index in [9.17, 15) is 4.79 Å². The van der Waals surface area contributed by atoms with E-state index in [1.807, 2.05) is 31.2 Å². The summed E-state index contributed by atoms with van der Waals surface area (Å²) in [6, 6.07) is 8.03. The molecule has 0 bridgehead atoms. The largest absolute Gasteiger partial charge is 0.409 e. The lowest BCUT2D eigenvalue weighted by Gasteiger charge is -2.05. The number of anilines is 1. The zero-order valence-corrected chi connectivity index (χ0v) is 11.6. The average Bonchev–Trinajstić information content (AvgIpc) is 2.94. The second-order valence-corrected chi connectivity index (χ2v) is 4.68. The van der Waals surface area contributed by atoms with Crippen molar-refractivity contribution in [2.24, 2.45) is 10.9 Å². The number of aromatic nitrogens is 2. The Balaban J connectivity index is 1.93. The summed E-state index contributed by atoms with van der Waals surface area (Å²) in [4.78, 5) is 11.9. The molecule has 0 radical (unpaired) electrons. The fourth-order valence-corrected chi connectivity index (χ4v) is 1.84. The summed E-state index contributed by atoms with van der Waals surface area (Å²) in [6.45, 7) is 2.02. The molecule has 0 unspecified atom stereocenters. The molecule has 2 rings (SSSR count). The summed E-state index contributed by atoms with van der Waals surface area (Å²) in [5.74, 6) is 0.0311. The molecule has 2 aromatic rings. The van der Waals surface area contributed by atoms with Gasteiger partial charge in [-0.25, -0.2) is 0 Å². The van der Waals surface area contributed by atoms with E-state index in [4.69, 9.17) is 10.9 Å². The number of nitrogens with zero attached hydrogens (tertiary/aromatic N) is 2. The van der Waals surface area contributed by atoms with Crippen LogP contribution in [0.5, 0.6) is 0 Å². The van der Waals surface area contributed by atoms with Crippen LogP contribution in [0.2, 0.25) is 0 Å². The quantitative estimate of drug-likeness (QED) is 0.288. The maximum atomic E-state index is 11.9. The Morgan fingerprint density at radius 3 is 2.81 bits per heavy atom. The lowest BCUT2D eigenvalue weighted by molar-refractivity contribution is -0.116. The normalized spacial score (nSPS) is 11.4. The zero-order valence-electron chi connectivity index (χ0n) is 11.6. The second kappa shape index (κ2) is 6.56. The van der Waals surface area contributed by atoms with Crippen LogP contribution in [0.1, 0.15) is 23.1 Å². The Hall–Kier alpha value is -2.83. The van der Waals surface area contributed by atoms with Crippen molar-refractivity contribution < 1.29 is 10.0 Å². The third-order valence-electron chi connectivity index (χ3n) is 3.05. The number of nitrogens with one attached hydrogen (secondary N) is 2. The monoisotopic (exact) mass is 287 g/mol. The number of aromatic amines is 1. The highest BCUT2D eigenvalue weighted by molar-refractivity contribution is 6.04. The van der Waals surface area contributed by atoms with Gasteiger partial charge in [0, 0.05) is 6.42 Å². The van der Waals surface area contributed by atoms with Crippen LogP contribution in [0.25, 0.3) is 0 Å². The van der Waals surface area contributed by atoms with Crippen LogP contribution in [-0.4, -0.2) is 27.1 Å². The van der Waals surface area contributed by atoms with Gasteiger partial charge in [0.2, 0.25) is 5.91 Å². The summed E-state index contributed by atoms with van der Waals surface area (Å²) in [7, 11) is 0. The Bertz CT molecular complexity index is 646. The van der Waals surface area contributed by atoms with Crippen molar-refractivity contribution in [1.29, 1.82) is 0 Å². The van der Waals surface area contributed by atoms with Crippen molar-refractivity contribution in [3.63, 3.8) is 0 Å². The van der Waals surface area contributed by atoms with E-state index in [1.165, 1.54) is 11.8 Å².